The van der Waals surface area contributed by atoms with Gasteiger partial charge in [-0.05, 0) is 36.4 Å². The van der Waals surface area contributed by atoms with Crippen molar-refractivity contribution in [2.75, 3.05) is 26.2 Å². The number of rotatable bonds is 5. The highest BCUT2D eigenvalue weighted by Crippen LogP contribution is 2.19. The van der Waals surface area contributed by atoms with E-state index in [9.17, 15) is 22.4 Å². The van der Waals surface area contributed by atoms with E-state index < -0.39 is 15.8 Å². The van der Waals surface area contributed by atoms with Gasteiger partial charge >= 0.3 is 5.69 Å². The van der Waals surface area contributed by atoms with Crippen LogP contribution >= 0.6 is 0 Å². The number of amides is 1. The fourth-order valence-corrected chi connectivity index (χ4v) is 5.30. The molecule has 1 saturated heterocycles. The topological polar surface area (TPSA) is 84.6 Å². The van der Waals surface area contributed by atoms with E-state index in [-0.39, 0.29) is 55.6 Å². The first-order valence-electron chi connectivity index (χ1n) is 9.97. The summed E-state index contributed by atoms with van der Waals surface area (Å²) in [5, 5.41) is 0. The quantitative estimate of drug-likeness (QED) is 0.593. The first-order valence-corrected chi connectivity index (χ1v) is 11.4. The summed E-state index contributed by atoms with van der Waals surface area (Å²) in [5.74, 6) is -0.627. The maximum absolute atomic E-state index is 13.1. The largest absolute Gasteiger partial charge is 0.340 e. The fourth-order valence-electron chi connectivity index (χ4n) is 3.88. The van der Waals surface area contributed by atoms with Gasteiger partial charge < -0.3 is 4.90 Å². The Morgan fingerprint density at radius 3 is 2.23 bits per heavy atom. The molecule has 1 aromatic heterocycles. The van der Waals surface area contributed by atoms with Gasteiger partial charge in [0.2, 0.25) is 15.9 Å². The van der Waals surface area contributed by atoms with E-state index in [1.54, 1.807) is 21.1 Å². The number of carbonyl (C=O) groups is 1. The summed E-state index contributed by atoms with van der Waals surface area (Å²) in [6, 6.07) is 12.1. The van der Waals surface area contributed by atoms with E-state index in [0.717, 1.165) is 23.2 Å². The van der Waals surface area contributed by atoms with Crippen molar-refractivity contribution in [2.24, 2.45) is 7.05 Å². The van der Waals surface area contributed by atoms with Gasteiger partial charge in [-0.25, -0.2) is 17.6 Å². The summed E-state index contributed by atoms with van der Waals surface area (Å²) >= 11 is 0. The molecule has 1 fully saturated rings. The van der Waals surface area contributed by atoms with Crippen LogP contribution in [0.1, 0.15) is 6.42 Å². The molecule has 1 amide bonds. The summed E-state index contributed by atoms with van der Waals surface area (Å²) in [7, 11) is -2.03. The van der Waals surface area contributed by atoms with Crippen molar-refractivity contribution in [1.82, 2.24) is 18.3 Å². The number of sulfonamides is 1. The molecule has 0 spiro atoms. The highest BCUT2D eigenvalue weighted by Gasteiger charge is 2.30. The number of carbonyl (C=O) groups excluding carboxylic acids is 1. The molecule has 4 rings (SSSR count). The van der Waals surface area contributed by atoms with Crippen molar-refractivity contribution >= 4 is 27.0 Å². The average Bonchev–Trinajstić information content (AvgIpc) is 3.02. The predicted octanol–water partition coefficient (Wildman–Crippen LogP) is 1.40. The molecule has 31 heavy (non-hydrogen) atoms. The minimum atomic E-state index is -3.73. The Labute approximate surface area is 179 Å². The predicted molar refractivity (Wildman–Crippen MR) is 114 cm³/mol. The van der Waals surface area contributed by atoms with Crippen molar-refractivity contribution in [2.45, 2.75) is 17.9 Å². The number of para-hydroxylation sites is 2. The van der Waals surface area contributed by atoms with Crippen LogP contribution in [0.3, 0.4) is 0 Å². The van der Waals surface area contributed by atoms with Crippen LogP contribution in [-0.4, -0.2) is 58.8 Å². The summed E-state index contributed by atoms with van der Waals surface area (Å²) in [4.78, 5) is 26.8. The molecule has 1 aliphatic heterocycles. The second kappa shape index (κ2) is 8.27. The van der Waals surface area contributed by atoms with Crippen molar-refractivity contribution in [3.8, 4) is 0 Å². The highest BCUT2D eigenvalue weighted by atomic mass is 32.2. The van der Waals surface area contributed by atoms with Gasteiger partial charge in [0.05, 0.1) is 15.9 Å². The third-order valence-corrected chi connectivity index (χ3v) is 7.56. The summed E-state index contributed by atoms with van der Waals surface area (Å²) in [5.41, 5.74) is 1.40. The van der Waals surface area contributed by atoms with Gasteiger partial charge in [-0.2, -0.15) is 4.31 Å². The average molecular weight is 447 g/mol. The van der Waals surface area contributed by atoms with Crippen molar-refractivity contribution in [3.05, 3.63) is 64.8 Å². The van der Waals surface area contributed by atoms with Gasteiger partial charge in [0.1, 0.15) is 5.82 Å². The molecule has 0 N–H and O–H groups in total. The Morgan fingerprint density at radius 2 is 1.58 bits per heavy atom. The maximum Gasteiger partial charge on any atom is 0.328 e. The van der Waals surface area contributed by atoms with Gasteiger partial charge in [-0.15, -0.1) is 0 Å². The standard InChI is InChI=1S/C21H23FN4O4S/c1-23-18-4-2-3-5-19(18)26(21(23)28)11-10-20(27)24-12-14-25(15-13-24)31(29,30)17-8-6-16(22)7-9-17/h2-9H,10-15H2,1H3. The van der Waals surface area contributed by atoms with Crippen LogP contribution in [0.4, 0.5) is 4.39 Å². The van der Waals surface area contributed by atoms with Crippen LogP contribution in [0.15, 0.2) is 58.2 Å². The Bertz CT molecular complexity index is 1270. The number of benzene rings is 2. The third-order valence-electron chi connectivity index (χ3n) is 5.64. The van der Waals surface area contributed by atoms with Crippen molar-refractivity contribution in [1.29, 1.82) is 0 Å². The summed E-state index contributed by atoms with van der Waals surface area (Å²) in [6.07, 6.45) is 0.151. The second-order valence-electron chi connectivity index (χ2n) is 7.47. The number of fused-ring (bicyclic) bond motifs is 1. The molecule has 0 saturated carbocycles. The lowest BCUT2D eigenvalue weighted by Gasteiger charge is -2.34. The number of imidazole rings is 1. The van der Waals surface area contributed by atoms with Gasteiger partial charge in [-0.3, -0.25) is 13.9 Å². The van der Waals surface area contributed by atoms with E-state index >= 15 is 0 Å². The van der Waals surface area contributed by atoms with E-state index in [0.29, 0.717) is 0 Å². The van der Waals surface area contributed by atoms with Gasteiger partial charge in [0, 0.05) is 46.2 Å². The molecule has 0 aliphatic carbocycles. The molecule has 0 bridgehead atoms. The lowest BCUT2D eigenvalue weighted by molar-refractivity contribution is -0.132. The summed E-state index contributed by atoms with van der Waals surface area (Å²) in [6.45, 7) is 1.12. The van der Waals surface area contributed by atoms with Crippen molar-refractivity contribution in [3.63, 3.8) is 0 Å². The van der Waals surface area contributed by atoms with Crippen LogP contribution in [0, 0.1) is 5.82 Å². The molecule has 0 atom stereocenters. The van der Waals surface area contributed by atoms with E-state index in [4.69, 9.17) is 0 Å². The highest BCUT2D eigenvalue weighted by molar-refractivity contribution is 7.89. The number of aromatic nitrogens is 2. The van der Waals surface area contributed by atoms with Crippen LogP contribution in [0.25, 0.3) is 11.0 Å². The third kappa shape index (κ3) is 4.00. The molecule has 8 nitrogen and oxygen atoms in total. The van der Waals surface area contributed by atoms with Crippen LogP contribution in [0.2, 0.25) is 0 Å². The smallest absolute Gasteiger partial charge is 0.328 e. The first kappa shape index (κ1) is 21.3. The zero-order chi connectivity index (χ0) is 22.2. The zero-order valence-corrected chi connectivity index (χ0v) is 17.9. The number of nitrogens with zero attached hydrogens (tertiary/aromatic N) is 4. The van der Waals surface area contributed by atoms with Gasteiger partial charge in [0.15, 0.2) is 0 Å². The number of hydrogen-bond acceptors (Lipinski definition) is 4. The Morgan fingerprint density at radius 1 is 0.968 bits per heavy atom. The Hall–Kier alpha value is -2.98. The Balaban J connectivity index is 1.39. The summed E-state index contributed by atoms with van der Waals surface area (Å²) < 4.78 is 43.0. The molecule has 1 aliphatic rings. The number of piperazine rings is 1. The molecule has 10 heteroatoms. The normalized spacial score (nSPS) is 15.5. The van der Waals surface area contributed by atoms with Crippen molar-refractivity contribution < 1.29 is 17.6 Å². The minimum absolute atomic E-state index is 0.0315. The van der Waals surface area contributed by atoms with Crippen LogP contribution in [-0.2, 0) is 28.4 Å². The maximum atomic E-state index is 13.1. The second-order valence-corrected chi connectivity index (χ2v) is 9.41. The van der Waals surface area contributed by atoms with Gasteiger partial charge in [-0.1, -0.05) is 12.1 Å². The molecular weight excluding hydrogens is 423 g/mol. The van der Waals surface area contributed by atoms with Gasteiger partial charge in [0.25, 0.3) is 0 Å². The lowest BCUT2D eigenvalue weighted by Crippen LogP contribution is -2.50. The molecule has 2 aromatic carbocycles. The first-order chi connectivity index (χ1) is 14.8. The molecule has 0 radical (unpaired) electrons. The van der Waals surface area contributed by atoms with E-state index in [1.807, 2.05) is 24.3 Å². The fraction of sp³-hybridized carbons (Fsp3) is 0.333. The molecule has 164 valence electrons. The molecule has 3 aromatic rings. The molecule has 0 unspecified atom stereocenters. The number of hydrogen-bond donors (Lipinski definition) is 0. The lowest BCUT2D eigenvalue weighted by atomic mass is 10.3. The molecule has 2 heterocycles. The van der Waals surface area contributed by atoms with Crippen LogP contribution < -0.4 is 5.69 Å². The SMILES string of the molecule is Cn1c(=O)n(CCC(=O)N2CCN(S(=O)(=O)c3ccc(F)cc3)CC2)c2ccccc21. The van der Waals surface area contributed by atoms with E-state index in [2.05, 4.69) is 0 Å². The van der Waals surface area contributed by atoms with Crippen LogP contribution in [0.5, 0.6) is 0 Å². The minimum Gasteiger partial charge on any atom is -0.340 e. The van der Waals surface area contributed by atoms with E-state index in [1.165, 1.54) is 16.4 Å². The number of aryl methyl sites for hydroxylation is 2. The number of halogens is 1. The zero-order valence-electron chi connectivity index (χ0n) is 17.1. The monoisotopic (exact) mass is 446 g/mol. The molecular formula is C21H23FN4O4S. The Kier molecular flexibility index (Phi) is 5.67.